The summed E-state index contributed by atoms with van der Waals surface area (Å²) >= 11 is 0. The summed E-state index contributed by atoms with van der Waals surface area (Å²) in [5.74, 6) is 2.46. The number of carbonyl (C=O) groups is 1. The van der Waals surface area contributed by atoms with Gasteiger partial charge in [-0.2, -0.15) is 0 Å². The molecule has 142 valence electrons. The molecule has 0 saturated carbocycles. The van der Waals surface area contributed by atoms with E-state index in [-0.39, 0.29) is 12.3 Å². The Kier molecular flexibility index (Phi) is 4.80. The highest BCUT2D eigenvalue weighted by Crippen LogP contribution is 2.25. The molecule has 4 aromatic rings. The van der Waals surface area contributed by atoms with Gasteiger partial charge in [-0.25, -0.2) is 9.97 Å². The van der Waals surface area contributed by atoms with Crippen LogP contribution < -0.4 is 10.1 Å². The van der Waals surface area contributed by atoms with E-state index in [0.29, 0.717) is 23.9 Å². The van der Waals surface area contributed by atoms with Gasteiger partial charge in [-0.3, -0.25) is 4.79 Å². The highest BCUT2D eigenvalue weighted by molar-refractivity contribution is 5.78. The maximum Gasteiger partial charge on any atom is 0.226 e. The van der Waals surface area contributed by atoms with E-state index in [0.717, 1.165) is 22.7 Å². The summed E-state index contributed by atoms with van der Waals surface area (Å²) in [6.45, 7) is 2.15. The molecule has 3 aromatic heterocycles. The number of rotatable bonds is 6. The number of imidazole rings is 1. The molecule has 7 nitrogen and oxygen atoms in total. The van der Waals surface area contributed by atoms with E-state index in [1.165, 1.54) is 0 Å². The van der Waals surface area contributed by atoms with E-state index in [1.54, 1.807) is 20.2 Å². The Hall–Kier alpha value is -3.61. The number of pyridine rings is 1. The molecule has 0 unspecified atom stereocenters. The molecule has 7 heteroatoms. The van der Waals surface area contributed by atoms with Crippen molar-refractivity contribution < 1.29 is 13.9 Å². The molecule has 0 spiro atoms. The summed E-state index contributed by atoms with van der Waals surface area (Å²) in [4.78, 5) is 21.2. The summed E-state index contributed by atoms with van der Waals surface area (Å²) in [5.41, 5.74) is 2.41. The zero-order chi connectivity index (χ0) is 19.5. The maximum atomic E-state index is 12.4. The first-order valence-electron chi connectivity index (χ1n) is 8.92. The van der Waals surface area contributed by atoms with Crippen LogP contribution in [0.15, 0.2) is 59.3 Å². The number of aromatic nitrogens is 3. The number of oxazole rings is 1. The molecule has 1 aromatic carbocycles. The van der Waals surface area contributed by atoms with Gasteiger partial charge >= 0.3 is 0 Å². The average molecular weight is 376 g/mol. The van der Waals surface area contributed by atoms with Gasteiger partial charge in [0.15, 0.2) is 0 Å². The lowest BCUT2D eigenvalue weighted by molar-refractivity contribution is -0.120. The Morgan fingerprint density at radius 1 is 1.25 bits per heavy atom. The van der Waals surface area contributed by atoms with Crippen molar-refractivity contribution >= 4 is 11.4 Å². The number of fused-ring (bicyclic) bond motifs is 1. The number of benzene rings is 1. The molecule has 0 aliphatic heterocycles. The Labute approximate surface area is 162 Å². The Balaban J connectivity index is 1.44. The first-order chi connectivity index (χ1) is 13.6. The van der Waals surface area contributed by atoms with Crippen molar-refractivity contribution in [3.8, 4) is 17.2 Å². The van der Waals surface area contributed by atoms with Gasteiger partial charge in [0.05, 0.1) is 37.5 Å². The number of nitrogens with zero attached hydrogens (tertiary/aromatic N) is 3. The zero-order valence-corrected chi connectivity index (χ0v) is 15.7. The number of aryl methyl sites for hydroxylation is 1. The van der Waals surface area contributed by atoms with Gasteiger partial charge in [-0.15, -0.1) is 0 Å². The standard InChI is InChI=1S/C21H20N4O3/c1-14-18(24-21(28-14)15-6-5-8-17(10-15)27-2)11-20(26)23-13-19-22-12-16-7-3-4-9-25(16)19/h3-10,12H,11,13H2,1-2H3,(H,23,26). The zero-order valence-electron chi connectivity index (χ0n) is 15.7. The molecule has 0 aliphatic carbocycles. The largest absolute Gasteiger partial charge is 0.497 e. The fraction of sp³-hybridized carbons (Fsp3) is 0.190. The Morgan fingerprint density at radius 3 is 3.00 bits per heavy atom. The van der Waals surface area contributed by atoms with E-state index in [1.807, 2.05) is 53.1 Å². The third kappa shape index (κ3) is 3.59. The fourth-order valence-electron chi connectivity index (χ4n) is 2.99. The first-order valence-corrected chi connectivity index (χ1v) is 8.92. The fourth-order valence-corrected chi connectivity index (χ4v) is 2.99. The molecule has 3 heterocycles. The number of methoxy groups -OCH3 is 1. The molecule has 0 radical (unpaired) electrons. The summed E-state index contributed by atoms with van der Waals surface area (Å²) in [5, 5.41) is 2.90. The molecule has 1 N–H and O–H groups in total. The van der Waals surface area contributed by atoms with Crippen LogP contribution in [0.1, 0.15) is 17.3 Å². The van der Waals surface area contributed by atoms with Crippen LogP contribution in [0, 0.1) is 6.92 Å². The minimum atomic E-state index is -0.138. The number of ether oxygens (including phenoxy) is 1. The topological polar surface area (TPSA) is 81.7 Å². The van der Waals surface area contributed by atoms with Gasteiger partial charge < -0.3 is 18.9 Å². The summed E-state index contributed by atoms with van der Waals surface area (Å²) in [6, 6.07) is 13.3. The van der Waals surface area contributed by atoms with Crippen molar-refractivity contribution in [3.63, 3.8) is 0 Å². The molecule has 0 saturated heterocycles. The SMILES string of the molecule is COc1cccc(-c2nc(CC(=O)NCc3ncc4ccccn34)c(C)o2)c1. The first kappa shape index (κ1) is 17.8. The van der Waals surface area contributed by atoms with E-state index >= 15 is 0 Å². The second-order valence-electron chi connectivity index (χ2n) is 6.38. The lowest BCUT2D eigenvalue weighted by atomic mass is 10.2. The quantitative estimate of drug-likeness (QED) is 0.559. The van der Waals surface area contributed by atoms with Crippen molar-refractivity contribution in [1.29, 1.82) is 0 Å². The molecule has 1 amide bonds. The van der Waals surface area contributed by atoms with Gasteiger partial charge in [0.1, 0.15) is 17.3 Å². The predicted molar refractivity (Wildman–Crippen MR) is 104 cm³/mol. The van der Waals surface area contributed by atoms with Crippen molar-refractivity contribution in [2.45, 2.75) is 19.9 Å². The number of carbonyl (C=O) groups excluding carboxylic acids is 1. The van der Waals surface area contributed by atoms with Gasteiger partial charge in [0.25, 0.3) is 0 Å². The van der Waals surface area contributed by atoms with Crippen LogP contribution in [-0.4, -0.2) is 27.4 Å². The van der Waals surface area contributed by atoms with E-state index in [2.05, 4.69) is 15.3 Å². The van der Waals surface area contributed by atoms with Gasteiger partial charge in [-0.1, -0.05) is 12.1 Å². The molecule has 0 bridgehead atoms. The van der Waals surface area contributed by atoms with Crippen molar-refractivity contribution in [3.05, 3.63) is 72.1 Å². The summed E-state index contributed by atoms with van der Waals surface area (Å²) in [7, 11) is 1.61. The van der Waals surface area contributed by atoms with Crippen molar-refractivity contribution in [2.75, 3.05) is 7.11 Å². The molecular formula is C21H20N4O3. The van der Waals surface area contributed by atoms with E-state index < -0.39 is 0 Å². The summed E-state index contributed by atoms with van der Waals surface area (Å²) in [6.07, 6.45) is 3.85. The monoisotopic (exact) mass is 376 g/mol. The number of hydrogen-bond acceptors (Lipinski definition) is 5. The van der Waals surface area contributed by atoms with Gasteiger partial charge in [0.2, 0.25) is 11.8 Å². The molecule has 0 aliphatic rings. The highest BCUT2D eigenvalue weighted by Gasteiger charge is 2.15. The van der Waals surface area contributed by atoms with Crippen LogP contribution >= 0.6 is 0 Å². The van der Waals surface area contributed by atoms with Crippen LogP contribution in [0.2, 0.25) is 0 Å². The molecule has 0 fully saturated rings. The molecule has 4 rings (SSSR count). The lowest BCUT2D eigenvalue weighted by Crippen LogP contribution is -2.26. The second kappa shape index (κ2) is 7.56. The third-order valence-electron chi connectivity index (χ3n) is 4.50. The van der Waals surface area contributed by atoms with Crippen LogP contribution in [0.25, 0.3) is 17.0 Å². The minimum absolute atomic E-state index is 0.138. The maximum absolute atomic E-state index is 12.4. The predicted octanol–water partition coefficient (Wildman–Crippen LogP) is 3.17. The van der Waals surface area contributed by atoms with E-state index in [9.17, 15) is 4.79 Å². The van der Waals surface area contributed by atoms with Gasteiger partial charge in [0, 0.05) is 11.8 Å². The van der Waals surface area contributed by atoms with Gasteiger partial charge in [-0.05, 0) is 37.3 Å². The van der Waals surface area contributed by atoms with Crippen molar-refractivity contribution in [2.24, 2.45) is 0 Å². The second-order valence-corrected chi connectivity index (χ2v) is 6.38. The smallest absolute Gasteiger partial charge is 0.226 e. The molecular weight excluding hydrogens is 356 g/mol. The number of hydrogen-bond donors (Lipinski definition) is 1. The minimum Gasteiger partial charge on any atom is -0.497 e. The average Bonchev–Trinajstić information content (AvgIpc) is 3.30. The lowest BCUT2D eigenvalue weighted by Gasteiger charge is -2.04. The Bertz CT molecular complexity index is 1130. The van der Waals surface area contributed by atoms with Crippen LogP contribution in [0.4, 0.5) is 0 Å². The summed E-state index contributed by atoms with van der Waals surface area (Å²) < 4.78 is 12.9. The van der Waals surface area contributed by atoms with Crippen LogP contribution in [0.3, 0.4) is 0 Å². The van der Waals surface area contributed by atoms with Crippen molar-refractivity contribution in [1.82, 2.24) is 19.7 Å². The van der Waals surface area contributed by atoms with E-state index in [4.69, 9.17) is 9.15 Å². The number of nitrogens with one attached hydrogen (secondary N) is 1. The molecule has 0 atom stereocenters. The Morgan fingerprint density at radius 2 is 2.14 bits per heavy atom. The highest BCUT2D eigenvalue weighted by atomic mass is 16.5. The third-order valence-corrected chi connectivity index (χ3v) is 4.50. The van der Waals surface area contributed by atoms with Crippen LogP contribution in [-0.2, 0) is 17.8 Å². The number of amides is 1. The van der Waals surface area contributed by atoms with Crippen LogP contribution in [0.5, 0.6) is 5.75 Å². The molecule has 28 heavy (non-hydrogen) atoms. The normalized spacial score (nSPS) is 10.9.